The number of hydrogen-bond acceptors (Lipinski definition) is 3. The zero-order chi connectivity index (χ0) is 17.4. The van der Waals surface area contributed by atoms with E-state index in [9.17, 15) is 9.18 Å². The average molecular weight is 353 g/mol. The van der Waals surface area contributed by atoms with E-state index in [0.717, 1.165) is 21.6 Å². The highest BCUT2D eigenvalue weighted by atomic mass is 32.1. The molecule has 0 aliphatic heterocycles. The van der Waals surface area contributed by atoms with Crippen LogP contribution in [0, 0.1) is 12.7 Å². The van der Waals surface area contributed by atoms with Crippen molar-refractivity contribution in [1.82, 2.24) is 15.3 Å². The number of rotatable bonds is 4. The van der Waals surface area contributed by atoms with Crippen LogP contribution in [0.25, 0.3) is 21.1 Å². The Balaban J connectivity index is 1.47. The summed E-state index contributed by atoms with van der Waals surface area (Å²) < 4.78 is 14.8. The summed E-state index contributed by atoms with van der Waals surface area (Å²) in [7, 11) is 0. The third kappa shape index (κ3) is 2.89. The maximum absolute atomic E-state index is 14.0. The van der Waals surface area contributed by atoms with Crippen molar-refractivity contribution in [3.05, 3.63) is 64.5 Å². The molecule has 0 atom stereocenters. The largest absolute Gasteiger partial charge is 0.351 e. The number of fused-ring (bicyclic) bond motifs is 2. The number of para-hydroxylation sites is 2. The predicted molar refractivity (Wildman–Crippen MR) is 98.7 cm³/mol. The van der Waals surface area contributed by atoms with E-state index in [4.69, 9.17) is 0 Å². The van der Waals surface area contributed by atoms with E-state index < -0.39 is 0 Å². The van der Waals surface area contributed by atoms with Crippen molar-refractivity contribution in [2.45, 2.75) is 13.3 Å². The van der Waals surface area contributed by atoms with Crippen LogP contribution < -0.4 is 5.32 Å². The molecule has 0 unspecified atom stereocenters. The molecule has 2 aromatic carbocycles. The maximum Gasteiger partial charge on any atom is 0.261 e. The molecule has 4 rings (SSSR count). The topological polar surface area (TPSA) is 57.8 Å². The lowest BCUT2D eigenvalue weighted by molar-refractivity contribution is 0.0957. The van der Waals surface area contributed by atoms with Crippen molar-refractivity contribution >= 4 is 38.4 Å². The van der Waals surface area contributed by atoms with Gasteiger partial charge in [-0.3, -0.25) is 4.79 Å². The van der Waals surface area contributed by atoms with Crippen molar-refractivity contribution in [2.75, 3.05) is 6.54 Å². The first kappa shape index (κ1) is 15.8. The van der Waals surface area contributed by atoms with Gasteiger partial charge in [0.1, 0.15) is 11.6 Å². The second kappa shape index (κ2) is 6.29. The highest BCUT2D eigenvalue weighted by molar-refractivity contribution is 7.21. The summed E-state index contributed by atoms with van der Waals surface area (Å²) in [6, 6.07) is 12.7. The number of hydrogen-bond donors (Lipinski definition) is 2. The molecule has 1 amide bonds. The highest BCUT2D eigenvalue weighted by Crippen LogP contribution is 2.32. The van der Waals surface area contributed by atoms with E-state index in [1.807, 2.05) is 30.3 Å². The lowest BCUT2D eigenvalue weighted by Crippen LogP contribution is -2.25. The van der Waals surface area contributed by atoms with E-state index in [2.05, 4.69) is 15.3 Å². The summed E-state index contributed by atoms with van der Waals surface area (Å²) >= 11 is 1.32. The second-order valence-corrected chi connectivity index (χ2v) is 6.93. The van der Waals surface area contributed by atoms with Gasteiger partial charge in [-0.25, -0.2) is 9.37 Å². The summed E-state index contributed by atoms with van der Waals surface area (Å²) in [5.74, 6) is 0.377. The van der Waals surface area contributed by atoms with E-state index in [1.165, 1.54) is 17.4 Å². The van der Waals surface area contributed by atoms with Gasteiger partial charge in [-0.1, -0.05) is 18.2 Å². The molecule has 0 saturated carbocycles. The summed E-state index contributed by atoms with van der Waals surface area (Å²) in [6.45, 7) is 2.25. The fourth-order valence-corrected chi connectivity index (χ4v) is 4.11. The Hall–Kier alpha value is -2.73. The van der Waals surface area contributed by atoms with Gasteiger partial charge in [-0.15, -0.1) is 11.3 Å². The van der Waals surface area contributed by atoms with E-state index in [0.29, 0.717) is 28.8 Å². The van der Waals surface area contributed by atoms with Gasteiger partial charge in [0, 0.05) is 23.1 Å². The molecule has 126 valence electrons. The van der Waals surface area contributed by atoms with Crippen LogP contribution in [0.3, 0.4) is 0 Å². The lowest BCUT2D eigenvalue weighted by atomic mass is 10.1. The number of carbonyl (C=O) groups is 1. The molecule has 6 heteroatoms. The molecule has 0 bridgehead atoms. The standard InChI is InChI=1S/C19H16FN3OS/c1-11-17-12(20)5-4-8-15(17)25-18(11)19(24)21-10-9-16-22-13-6-2-3-7-14(13)23-16/h2-8H,9-10H2,1H3,(H,21,24)(H,22,23). The van der Waals surface area contributed by atoms with Crippen LogP contribution >= 0.6 is 11.3 Å². The van der Waals surface area contributed by atoms with Crippen molar-refractivity contribution < 1.29 is 9.18 Å². The number of benzene rings is 2. The smallest absolute Gasteiger partial charge is 0.261 e. The summed E-state index contributed by atoms with van der Waals surface area (Å²) in [4.78, 5) is 20.7. The van der Waals surface area contributed by atoms with Gasteiger partial charge in [0.2, 0.25) is 0 Å². The Bertz CT molecular complexity index is 1050. The number of H-pyrrole nitrogens is 1. The third-order valence-electron chi connectivity index (χ3n) is 4.20. The molecule has 0 radical (unpaired) electrons. The zero-order valence-corrected chi connectivity index (χ0v) is 14.4. The first-order valence-electron chi connectivity index (χ1n) is 8.03. The average Bonchev–Trinajstić information content (AvgIpc) is 3.16. The molecule has 0 spiro atoms. The summed E-state index contributed by atoms with van der Waals surface area (Å²) in [6.07, 6.45) is 0.610. The Morgan fingerprint density at radius 1 is 1.24 bits per heavy atom. The fraction of sp³-hybridized carbons (Fsp3) is 0.158. The van der Waals surface area contributed by atoms with Crippen LogP contribution in [0.2, 0.25) is 0 Å². The molecule has 4 nitrogen and oxygen atoms in total. The van der Waals surface area contributed by atoms with Gasteiger partial charge in [0.15, 0.2) is 0 Å². The minimum atomic E-state index is -0.285. The molecule has 2 N–H and O–H groups in total. The number of aromatic nitrogens is 2. The number of amides is 1. The van der Waals surface area contributed by atoms with Crippen LogP contribution in [0.5, 0.6) is 0 Å². The first-order valence-corrected chi connectivity index (χ1v) is 8.84. The predicted octanol–water partition coefficient (Wildman–Crippen LogP) is 4.20. The normalized spacial score (nSPS) is 11.3. The number of carbonyl (C=O) groups excluding carboxylic acids is 1. The second-order valence-electron chi connectivity index (χ2n) is 5.88. The molecule has 25 heavy (non-hydrogen) atoms. The Morgan fingerprint density at radius 3 is 2.88 bits per heavy atom. The monoisotopic (exact) mass is 353 g/mol. The number of aryl methyl sites for hydroxylation is 1. The van der Waals surface area contributed by atoms with Gasteiger partial charge in [0.25, 0.3) is 5.91 Å². The van der Waals surface area contributed by atoms with Crippen LogP contribution in [0.4, 0.5) is 4.39 Å². The SMILES string of the molecule is Cc1c(C(=O)NCCc2nc3ccccc3[nH]2)sc2cccc(F)c12. The van der Waals surface area contributed by atoms with Gasteiger partial charge >= 0.3 is 0 Å². The van der Waals surface area contributed by atoms with Crippen LogP contribution in [0.1, 0.15) is 21.1 Å². The van der Waals surface area contributed by atoms with Gasteiger partial charge in [-0.2, -0.15) is 0 Å². The number of nitrogens with zero attached hydrogens (tertiary/aromatic N) is 1. The molecule has 0 saturated heterocycles. The molecule has 0 aliphatic carbocycles. The van der Waals surface area contributed by atoms with Crippen LogP contribution in [-0.4, -0.2) is 22.4 Å². The zero-order valence-electron chi connectivity index (χ0n) is 13.6. The number of imidazole rings is 1. The molecule has 2 aromatic heterocycles. The van der Waals surface area contributed by atoms with Crippen molar-refractivity contribution in [2.24, 2.45) is 0 Å². The number of nitrogens with one attached hydrogen (secondary N) is 2. The van der Waals surface area contributed by atoms with Crippen molar-refractivity contribution in [3.63, 3.8) is 0 Å². The summed E-state index contributed by atoms with van der Waals surface area (Å²) in [5.41, 5.74) is 2.60. The minimum Gasteiger partial charge on any atom is -0.351 e. The van der Waals surface area contributed by atoms with Crippen molar-refractivity contribution in [1.29, 1.82) is 0 Å². The molecule has 0 aliphatic rings. The molecule has 2 heterocycles. The molecular formula is C19H16FN3OS. The molecule has 0 fully saturated rings. The Labute approximate surface area is 147 Å². The van der Waals surface area contributed by atoms with Gasteiger partial charge in [0.05, 0.1) is 15.9 Å². The van der Waals surface area contributed by atoms with Crippen LogP contribution in [-0.2, 0) is 6.42 Å². The van der Waals surface area contributed by atoms with Crippen LogP contribution in [0.15, 0.2) is 42.5 Å². The third-order valence-corrected chi connectivity index (χ3v) is 5.45. The van der Waals surface area contributed by atoms with Crippen molar-refractivity contribution in [3.8, 4) is 0 Å². The number of halogens is 1. The Morgan fingerprint density at radius 2 is 2.08 bits per heavy atom. The Kier molecular flexibility index (Phi) is 3.97. The highest BCUT2D eigenvalue weighted by Gasteiger charge is 2.17. The molecule has 4 aromatic rings. The quantitative estimate of drug-likeness (QED) is 0.578. The number of thiophene rings is 1. The van der Waals surface area contributed by atoms with E-state index >= 15 is 0 Å². The molecular weight excluding hydrogens is 337 g/mol. The minimum absolute atomic E-state index is 0.172. The fourth-order valence-electron chi connectivity index (χ4n) is 2.97. The maximum atomic E-state index is 14.0. The lowest BCUT2D eigenvalue weighted by Gasteiger charge is -2.03. The first-order chi connectivity index (χ1) is 12.1. The van der Waals surface area contributed by atoms with Gasteiger partial charge in [-0.05, 0) is 36.8 Å². The van der Waals surface area contributed by atoms with Gasteiger partial charge < -0.3 is 10.3 Å². The number of aromatic amines is 1. The summed E-state index contributed by atoms with van der Waals surface area (Å²) in [5, 5.41) is 3.44. The van der Waals surface area contributed by atoms with E-state index in [1.54, 1.807) is 13.0 Å². The van der Waals surface area contributed by atoms with E-state index in [-0.39, 0.29) is 11.7 Å².